The number of aromatic amines is 1. The molecule has 0 unspecified atom stereocenters. The molecular formula is C18H19N3O6. The topological polar surface area (TPSA) is 119 Å². The Kier molecular flexibility index (Phi) is 5.02. The van der Waals surface area contributed by atoms with Crippen LogP contribution in [0, 0.1) is 13.8 Å². The number of fused-ring (bicyclic) bond motifs is 1. The molecule has 0 atom stereocenters. The van der Waals surface area contributed by atoms with E-state index in [1.54, 1.807) is 32.9 Å². The van der Waals surface area contributed by atoms with Gasteiger partial charge in [-0.1, -0.05) is 0 Å². The fraction of sp³-hybridized carbons (Fsp3) is 0.278. The molecule has 1 aromatic heterocycles. The third kappa shape index (κ3) is 3.57. The predicted molar refractivity (Wildman–Crippen MR) is 93.7 cm³/mol. The van der Waals surface area contributed by atoms with E-state index >= 15 is 0 Å². The van der Waals surface area contributed by atoms with Crippen LogP contribution in [-0.4, -0.2) is 36.2 Å². The number of carbonyl (C=O) groups excluding carboxylic acids is 3. The number of amides is 2. The normalized spacial score (nSPS) is 11.8. The van der Waals surface area contributed by atoms with Gasteiger partial charge in [-0.05, 0) is 44.5 Å². The van der Waals surface area contributed by atoms with Crippen LogP contribution in [0.3, 0.4) is 0 Å². The molecule has 27 heavy (non-hydrogen) atoms. The standard InChI is InChI=1S/C18H19N3O6/c1-4-25-18(24)14-9(2)15(19-10(14)3)17(23)21-20-16(22)11-5-6-12-13(7-11)27-8-26-12/h5-7,19H,4,8H2,1-3H3,(H,20,22)(H,21,23). The van der Waals surface area contributed by atoms with Crippen molar-refractivity contribution in [1.29, 1.82) is 0 Å². The molecule has 0 fully saturated rings. The average Bonchev–Trinajstić information content (AvgIpc) is 3.22. The first-order valence-corrected chi connectivity index (χ1v) is 8.29. The van der Waals surface area contributed by atoms with Crippen molar-refractivity contribution < 1.29 is 28.6 Å². The van der Waals surface area contributed by atoms with Gasteiger partial charge in [-0.2, -0.15) is 0 Å². The molecule has 9 nitrogen and oxygen atoms in total. The molecule has 0 radical (unpaired) electrons. The van der Waals surface area contributed by atoms with Crippen molar-refractivity contribution in [3.63, 3.8) is 0 Å². The van der Waals surface area contributed by atoms with Gasteiger partial charge < -0.3 is 19.2 Å². The zero-order valence-electron chi connectivity index (χ0n) is 15.1. The predicted octanol–water partition coefficient (Wildman–Crippen LogP) is 1.61. The zero-order valence-corrected chi connectivity index (χ0v) is 15.1. The highest BCUT2D eigenvalue weighted by atomic mass is 16.7. The van der Waals surface area contributed by atoms with Crippen LogP contribution < -0.4 is 20.3 Å². The molecule has 2 amide bonds. The fourth-order valence-corrected chi connectivity index (χ4v) is 2.77. The molecule has 2 aromatic rings. The molecule has 0 saturated heterocycles. The highest BCUT2D eigenvalue weighted by Gasteiger charge is 2.23. The number of hydrogen-bond acceptors (Lipinski definition) is 6. The van der Waals surface area contributed by atoms with Gasteiger partial charge >= 0.3 is 5.97 Å². The lowest BCUT2D eigenvalue weighted by molar-refractivity contribution is 0.0524. The minimum Gasteiger partial charge on any atom is -0.462 e. The Bertz CT molecular complexity index is 918. The molecule has 0 bridgehead atoms. The molecule has 2 heterocycles. The van der Waals surface area contributed by atoms with E-state index in [1.807, 2.05) is 0 Å². The van der Waals surface area contributed by atoms with Gasteiger partial charge in [-0.3, -0.25) is 20.4 Å². The van der Waals surface area contributed by atoms with E-state index in [1.165, 1.54) is 6.07 Å². The SMILES string of the molecule is CCOC(=O)c1c(C)[nH]c(C(=O)NNC(=O)c2ccc3c(c2)OCO3)c1C. The number of esters is 1. The summed E-state index contributed by atoms with van der Waals surface area (Å²) >= 11 is 0. The maximum Gasteiger partial charge on any atom is 0.340 e. The molecule has 142 valence electrons. The number of H-pyrrole nitrogens is 1. The summed E-state index contributed by atoms with van der Waals surface area (Å²) in [6.07, 6.45) is 0. The first kappa shape index (κ1) is 18.3. The zero-order chi connectivity index (χ0) is 19.6. The number of rotatable bonds is 4. The van der Waals surface area contributed by atoms with E-state index in [2.05, 4.69) is 15.8 Å². The van der Waals surface area contributed by atoms with Crippen LogP contribution in [0.4, 0.5) is 0 Å². The summed E-state index contributed by atoms with van der Waals surface area (Å²) in [5.41, 5.74) is 6.38. The van der Waals surface area contributed by atoms with Crippen LogP contribution >= 0.6 is 0 Å². The van der Waals surface area contributed by atoms with Gasteiger partial charge in [-0.15, -0.1) is 0 Å². The smallest absolute Gasteiger partial charge is 0.340 e. The first-order chi connectivity index (χ1) is 12.9. The number of carbonyl (C=O) groups is 3. The van der Waals surface area contributed by atoms with Gasteiger partial charge in [0.25, 0.3) is 11.8 Å². The monoisotopic (exact) mass is 373 g/mol. The first-order valence-electron chi connectivity index (χ1n) is 8.29. The highest BCUT2D eigenvalue weighted by molar-refractivity contribution is 6.02. The van der Waals surface area contributed by atoms with Gasteiger partial charge in [0.1, 0.15) is 5.69 Å². The molecular weight excluding hydrogens is 354 g/mol. The number of ether oxygens (including phenoxy) is 3. The van der Waals surface area contributed by atoms with Gasteiger partial charge in [0.05, 0.1) is 12.2 Å². The van der Waals surface area contributed by atoms with Gasteiger partial charge in [-0.25, -0.2) is 4.79 Å². The van der Waals surface area contributed by atoms with Gasteiger partial charge in [0.15, 0.2) is 11.5 Å². The number of hydrogen-bond donors (Lipinski definition) is 3. The minimum atomic E-state index is -0.583. The summed E-state index contributed by atoms with van der Waals surface area (Å²) in [4.78, 5) is 39.5. The molecule has 1 aliphatic heterocycles. The van der Waals surface area contributed by atoms with Crippen LogP contribution in [0.1, 0.15) is 49.4 Å². The van der Waals surface area contributed by atoms with Crippen LogP contribution in [0.2, 0.25) is 0 Å². The van der Waals surface area contributed by atoms with E-state index in [4.69, 9.17) is 14.2 Å². The van der Waals surface area contributed by atoms with Crippen LogP contribution in [0.25, 0.3) is 0 Å². The molecule has 3 N–H and O–H groups in total. The van der Waals surface area contributed by atoms with Crippen molar-refractivity contribution in [2.24, 2.45) is 0 Å². The molecule has 3 rings (SSSR count). The summed E-state index contributed by atoms with van der Waals surface area (Å²) in [5, 5.41) is 0. The van der Waals surface area contributed by atoms with Crippen molar-refractivity contribution in [2.75, 3.05) is 13.4 Å². The van der Waals surface area contributed by atoms with E-state index in [0.717, 1.165) is 0 Å². The Morgan fingerprint density at radius 3 is 2.56 bits per heavy atom. The van der Waals surface area contributed by atoms with Crippen molar-refractivity contribution in [3.8, 4) is 11.5 Å². The number of benzene rings is 1. The van der Waals surface area contributed by atoms with E-state index in [9.17, 15) is 14.4 Å². The van der Waals surface area contributed by atoms with E-state index in [0.29, 0.717) is 33.9 Å². The summed E-state index contributed by atoms with van der Waals surface area (Å²) in [6, 6.07) is 4.69. The lowest BCUT2D eigenvalue weighted by atomic mass is 10.1. The second-order valence-electron chi connectivity index (χ2n) is 5.82. The summed E-state index contributed by atoms with van der Waals surface area (Å²) in [7, 11) is 0. The van der Waals surface area contributed by atoms with Crippen molar-refractivity contribution in [3.05, 3.63) is 46.3 Å². The number of aryl methyl sites for hydroxylation is 1. The Hall–Kier alpha value is -3.49. The summed E-state index contributed by atoms with van der Waals surface area (Å²) in [5.74, 6) is -0.593. The molecule has 1 aliphatic rings. The quantitative estimate of drug-likeness (QED) is 0.553. The highest BCUT2D eigenvalue weighted by Crippen LogP contribution is 2.32. The largest absolute Gasteiger partial charge is 0.462 e. The number of nitrogens with one attached hydrogen (secondary N) is 3. The van der Waals surface area contributed by atoms with Crippen molar-refractivity contribution >= 4 is 17.8 Å². The van der Waals surface area contributed by atoms with Crippen LogP contribution in [0.15, 0.2) is 18.2 Å². The number of hydrazine groups is 1. The minimum absolute atomic E-state index is 0.103. The lowest BCUT2D eigenvalue weighted by Gasteiger charge is -2.08. The van der Waals surface area contributed by atoms with Crippen molar-refractivity contribution in [2.45, 2.75) is 20.8 Å². The van der Waals surface area contributed by atoms with Gasteiger partial charge in [0, 0.05) is 11.3 Å². The molecule has 1 aromatic carbocycles. The Balaban J connectivity index is 1.68. The van der Waals surface area contributed by atoms with Gasteiger partial charge in [0.2, 0.25) is 6.79 Å². The molecule has 0 aliphatic carbocycles. The van der Waals surface area contributed by atoms with Crippen molar-refractivity contribution in [1.82, 2.24) is 15.8 Å². The second-order valence-corrected chi connectivity index (χ2v) is 5.82. The second kappa shape index (κ2) is 7.40. The van der Waals surface area contributed by atoms with Crippen LogP contribution in [0.5, 0.6) is 11.5 Å². The fourth-order valence-electron chi connectivity index (χ4n) is 2.77. The Labute approximate surface area is 155 Å². The third-order valence-electron chi connectivity index (χ3n) is 4.07. The average molecular weight is 373 g/mol. The maximum absolute atomic E-state index is 12.4. The van der Waals surface area contributed by atoms with E-state index < -0.39 is 17.8 Å². The number of aromatic nitrogens is 1. The lowest BCUT2D eigenvalue weighted by Crippen LogP contribution is -2.42. The maximum atomic E-state index is 12.4. The Morgan fingerprint density at radius 2 is 1.81 bits per heavy atom. The third-order valence-corrected chi connectivity index (χ3v) is 4.07. The Morgan fingerprint density at radius 1 is 1.11 bits per heavy atom. The van der Waals surface area contributed by atoms with E-state index in [-0.39, 0.29) is 19.1 Å². The molecule has 0 saturated carbocycles. The van der Waals surface area contributed by atoms with Crippen LogP contribution in [-0.2, 0) is 4.74 Å². The molecule has 9 heteroatoms. The summed E-state index contributed by atoms with van der Waals surface area (Å²) in [6.45, 7) is 5.33. The summed E-state index contributed by atoms with van der Waals surface area (Å²) < 4.78 is 15.4. The molecule has 0 spiro atoms.